The van der Waals surface area contributed by atoms with E-state index in [1.165, 1.54) is 5.56 Å². The maximum atomic E-state index is 11.6. The van der Waals surface area contributed by atoms with Gasteiger partial charge in [0.1, 0.15) is 0 Å². The van der Waals surface area contributed by atoms with Gasteiger partial charge in [0.25, 0.3) is 0 Å². The first-order valence-electron chi connectivity index (χ1n) is 7.29. The van der Waals surface area contributed by atoms with Gasteiger partial charge in [-0.2, -0.15) is 0 Å². The van der Waals surface area contributed by atoms with Crippen LogP contribution in [0.4, 0.5) is 0 Å². The van der Waals surface area contributed by atoms with E-state index in [0.29, 0.717) is 6.54 Å². The highest BCUT2D eigenvalue weighted by Gasteiger charge is 2.28. The molecule has 2 atom stereocenters. The van der Waals surface area contributed by atoms with Crippen LogP contribution in [0.25, 0.3) is 0 Å². The average Bonchev–Trinajstić information content (AvgIpc) is 2.42. The van der Waals surface area contributed by atoms with Crippen LogP contribution in [0.2, 0.25) is 0 Å². The zero-order chi connectivity index (χ0) is 15.5. The number of halogens is 1. The van der Waals surface area contributed by atoms with Crippen molar-refractivity contribution in [3.05, 3.63) is 34.3 Å². The Balaban J connectivity index is 1.97. The van der Waals surface area contributed by atoms with E-state index in [4.69, 9.17) is 0 Å². The van der Waals surface area contributed by atoms with Gasteiger partial charge in [0.2, 0.25) is 0 Å². The number of hydrogen-bond acceptors (Lipinski definition) is 4. The lowest BCUT2D eigenvalue weighted by Gasteiger charge is -2.34. The molecule has 1 heterocycles. The van der Waals surface area contributed by atoms with E-state index in [9.17, 15) is 8.42 Å². The molecule has 0 saturated carbocycles. The van der Waals surface area contributed by atoms with Crippen molar-refractivity contribution in [1.29, 1.82) is 0 Å². The molecule has 1 aliphatic heterocycles. The monoisotopic (exact) mass is 374 g/mol. The molecular weight excluding hydrogens is 352 g/mol. The highest BCUT2D eigenvalue weighted by molar-refractivity contribution is 9.10. The third-order valence-corrected chi connectivity index (χ3v) is 6.66. The van der Waals surface area contributed by atoms with Crippen LogP contribution in [0.5, 0.6) is 0 Å². The summed E-state index contributed by atoms with van der Waals surface area (Å²) in [7, 11) is -0.866. The van der Waals surface area contributed by atoms with Gasteiger partial charge in [-0.1, -0.05) is 34.1 Å². The summed E-state index contributed by atoms with van der Waals surface area (Å²) in [6.07, 6.45) is 0.962. The van der Waals surface area contributed by atoms with Crippen LogP contribution in [0.1, 0.15) is 24.9 Å². The Morgan fingerprint density at radius 3 is 2.76 bits per heavy atom. The van der Waals surface area contributed by atoms with Gasteiger partial charge in [-0.15, -0.1) is 0 Å². The fraction of sp³-hybridized carbons (Fsp3) is 0.600. The van der Waals surface area contributed by atoms with E-state index in [-0.39, 0.29) is 23.6 Å². The van der Waals surface area contributed by atoms with Crippen molar-refractivity contribution < 1.29 is 8.42 Å². The molecule has 2 rings (SSSR count). The predicted molar refractivity (Wildman–Crippen MR) is 90.2 cm³/mol. The molecule has 1 aliphatic rings. The number of nitrogens with zero attached hydrogens (tertiary/aromatic N) is 1. The number of nitrogens with one attached hydrogen (secondary N) is 1. The summed E-state index contributed by atoms with van der Waals surface area (Å²) in [6.45, 7) is 3.56. The molecule has 6 heteroatoms. The van der Waals surface area contributed by atoms with Crippen LogP contribution in [0.15, 0.2) is 28.7 Å². The molecule has 0 amide bonds. The van der Waals surface area contributed by atoms with Crippen molar-refractivity contribution in [2.24, 2.45) is 0 Å². The number of sulfone groups is 1. The molecule has 21 heavy (non-hydrogen) atoms. The van der Waals surface area contributed by atoms with Gasteiger partial charge in [-0.3, -0.25) is 4.90 Å². The summed E-state index contributed by atoms with van der Waals surface area (Å²) in [5.41, 5.74) is 1.25. The highest BCUT2D eigenvalue weighted by atomic mass is 79.9. The summed E-state index contributed by atoms with van der Waals surface area (Å²) >= 11 is 3.60. The molecule has 1 aromatic carbocycles. The smallest absolute Gasteiger partial charge is 0.153 e. The minimum absolute atomic E-state index is 0.112. The van der Waals surface area contributed by atoms with E-state index in [1.807, 2.05) is 26.1 Å². The van der Waals surface area contributed by atoms with Crippen molar-refractivity contribution in [3.63, 3.8) is 0 Å². The second-order valence-corrected chi connectivity index (χ2v) is 8.73. The number of benzene rings is 1. The van der Waals surface area contributed by atoms with E-state index < -0.39 is 9.84 Å². The van der Waals surface area contributed by atoms with E-state index in [0.717, 1.165) is 17.4 Å². The Morgan fingerprint density at radius 1 is 1.43 bits per heavy atom. The van der Waals surface area contributed by atoms with Crippen molar-refractivity contribution in [2.75, 3.05) is 31.6 Å². The van der Waals surface area contributed by atoms with Gasteiger partial charge in [-0.25, -0.2) is 8.42 Å². The summed E-state index contributed by atoms with van der Waals surface area (Å²) in [6, 6.07) is 8.61. The first-order valence-corrected chi connectivity index (χ1v) is 9.90. The first kappa shape index (κ1) is 16.9. The molecule has 0 spiro atoms. The van der Waals surface area contributed by atoms with Crippen LogP contribution >= 0.6 is 15.9 Å². The summed E-state index contributed by atoms with van der Waals surface area (Å²) in [4.78, 5) is 2.28. The SMILES string of the molecule is CNC(CCN1CCS(=O)(=O)CC1C)c1ccccc1Br. The maximum absolute atomic E-state index is 11.6. The second kappa shape index (κ2) is 7.22. The highest BCUT2D eigenvalue weighted by Crippen LogP contribution is 2.26. The first-order chi connectivity index (χ1) is 9.93. The topological polar surface area (TPSA) is 49.4 Å². The largest absolute Gasteiger partial charge is 0.313 e. The molecular formula is C15H23BrN2O2S. The molecule has 0 aromatic heterocycles. The Morgan fingerprint density at radius 2 is 2.14 bits per heavy atom. The van der Waals surface area contributed by atoms with Crippen molar-refractivity contribution in [3.8, 4) is 0 Å². The lowest BCUT2D eigenvalue weighted by molar-refractivity contribution is 0.215. The van der Waals surface area contributed by atoms with E-state index in [1.54, 1.807) is 0 Å². The molecule has 1 fully saturated rings. The molecule has 1 aromatic rings. The Bertz CT molecular complexity index is 577. The lowest BCUT2D eigenvalue weighted by atomic mass is 10.0. The van der Waals surface area contributed by atoms with Gasteiger partial charge >= 0.3 is 0 Å². The molecule has 1 N–H and O–H groups in total. The van der Waals surface area contributed by atoms with Gasteiger partial charge < -0.3 is 5.32 Å². The Hall–Kier alpha value is -0.430. The van der Waals surface area contributed by atoms with Crippen LogP contribution < -0.4 is 5.32 Å². The molecule has 1 saturated heterocycles. The standard InChI is InChI=1S/C15H23BrN2O2S/c1-12-11-21(19,20)10-9-18(12)8-7-15(17-2)13-5-3-4-6-14(13)16/h3-6,12,15,17H,7-11H2,1-2H3. The van der Waals surface area contributed by atoms with Crippen molar-refractivity contribution >= 4 is 25.8 Å². The normalized spacial score (nSPS) is 23.9. The van der Waals surface area contributed by atoms with Gasteiger partial charge in [0, 0.05) is 29.6 Å². The maximum Gasteiger partial charge on any atom is 0.153 e. The third kappa shape index (κ3) is 4.52. The van der Waals surface area contributed by atoms with Crippen molar-refractivity contribution in [2.45, 2.75) is 25.4 Å². The van der Waals surface area contributed by atoms with Crippen molar-refractivity contribution in [1.82, 2.24) is 10.2 Å². The van der Waals surface area contributed by atoms with Crippen LogP contribution in [-0.4, -0.2) is 51.0 Å². The van der Waals surface area contributed by atoms with E-state index >= 15 is 0 Å². The second-order valence-electron chi connectivity index (χ2n) is 5.65. The number of hydrogen-bond donors (Lipinski definition) is 1. The molecule has 0 radical (unpaired) electrons. The summed E-state index contributed by atoms with van der Waals surface area (Å²) in [5, 5.41) is 3.35. The van der Waals surface area contributed by atoms with Gasteiger partial charge in [0.05, 0.1) is 11.5 Å². The minimum atomic E-state index is -2.83. The zero-order valence-electron chi connectivity index (χ0n) is 12.5. The summed E-state index contributed by atoms with van der Waals surface area (Å²) in [5.74, 6) is 0.572. The van der Waals surface area contributed by atoms with Gasteiger partial charge in [-0.05, 0) is 32.0 Å². The fourth-order valence-electron chi connectivity index (χ4n) is 2.87. The molecule has 118 valence electrons. The lowest BCUT2D eigenvalue weighted by Crippen LogP contribution is -2.47. The minimum Gasteiger partial charge on any atom is -0.313 e. The third-order valence-electron chi connectivity index (χ3n) is 4.14. The molecule has 2 unspecified atom stereocenters. The van der Waals surface area contributed by atoms with Crippen LogP contribution in [0.3, 0.4) is 0 Å². The Labute approximate surface area is 136 Å². The molecule has 0 aliphatic carbocycles. The quantitative estimate of drug-likeness (QED) is 0.858. The predicted octanol–water partition coefficient (Wildman–Crippen LogP) is 2.22. The molecule has 0 bridgehead atoms. The number of rotatable bonds is 5. The zero-order valence-corrected chi connectivity index (χ0v) is 15.0. The Kier molecular flexibility index (Phi) is 5.82. The van der Waals surface area contributed by atoms with Crippen LogP contribution in [-0.2, 0) is 9.84 Å². The summed E-state index contributed by atoms with van der Waals surface area (Å²) < 4.78 is 24.4. The fourth-order valence-corrected chi connectivity index (χ4v) is 5.06. The average molecular weight is 375 g/mol. The van der Waals surface area contributed by atoms with Gasteiger partial charge in [0.15, 0.2) is 9.84 Å². The van der Waals surface area contributed by atoms with E-state index in [2.05, 4.69) is 38.3 Å². The molecule has 4 nitrogen and oxygen atoms in total. The van der Waals surface area contributed by atoms with Crippen LogP contribution in [0, 0.1) is 0 Å².